The van der Waals surface area contributed by atoms with Gasteiger partial charge < -0.3 is 23.2 Å². The second kappa shape index (κ2) is 5.65. The van der Waals surface area contributed by atoms with Crippen LogP contribution < -0.4 is 25.5 Å². The first-order valence-corrected chi connectivity index (χ1v) is 8.25. The van der Waals surface area contributed by atoms with Crippen molar-refractivity contribution in [3.63, 3.8) is 0 Å². The smallest absolute Gasteiger partial charge is 0.442 e. The second-order valence-electron chi connectivity index (χ2n) is 6.29. The Kier molecular flexibility index (Phi) is 3.27. The second-order valence-corrected chi connectivity index (χ2v) is 6.29. The largest absolute Gasteiger partial charge is 0.493 e. The van der Waals surface area contributed by atoms with Crippen molar-refractivity contribution in [2.75, 3.05) is 13.4 Å². The summed E-state index contributed by atoms with van der Waals surface area (Å²) in [5.41, 5.74) is -0.568. The van der Waals surface area contributed by atoms with Crippen LogP contribution in [0.15, 0.2) is 36.7 Å². The fraction of sp³-hybridized carbons (Fsp3) is 0.353. The molecule has 1 unspecified atom stereocenters. The van der Waals surface area contributed by atoms with E-state index in [1.165, 1.54) is 4.57 Å². The number of nitrogens with zero attached hydrogens (tertiary/aromatic N) is 2. The van der Waals surface area contributed by atoms with Crippen LogP contribution in [0.25, 0.3) is 5.84 Å². The molecule has 3 heterocycles. The van der Waals surface area contributed by atoms with Gasteiger partial charge in [0, 0.05) is 6.07 Å². The number of ether oxygens (including phenoxy) is 3. The van der Waals surface area contributed by atoms with Crippen molar-refractivity contribution in [1.29, 1.82) is 0 Å². The summed E-state index contributed by atoms with van der Waals surface area (Å²) in [4.78, 5) is 26.9. The summed E-state index contributed by atoms with van der Waals surface area (Å²) in [5, 5.41) is 0. The van der Waals surface area contributed by atoms with Crippen LogP contribution >= 0.6 is 0 Å². The quantitative estimate of drug-likeness (QED) is 0.642. The highest BCUT2D eigenvalue weighted by molar-refractivity contribution is 5.46. The molecule has 0 N–H and O–H groups in total. The summed E-state index contributed by atoms with van der Waals surface area (Å²) >= 11 is 0. The van der Waals surface area contributed by atoms with E-state index in [4.69, 9.17) is 23.2 Å². The van der Waals surface area contributed by atoms with Crippen LogP contribution in [0.1, 0.15) is 17.8 Å². The molecular formula is C17H14N2O7. The molecule has 1 aliphatic carbocycles. The van der Waals surface area contributed by atoms with Gasteiger partial charge in [0.05, 0.1) is 18.0 Å². The SMILES string of the molecule is O=c1oc2nc3c(n2oc1=O)CCC(COc1ccc2c(c1)OCO2)C3. The van der Waals surface area contributed by atoms with E-state index in [1.54, 1.807) is 0 Å². The molecule has 0 spiro atoms. The highest BCUT2D eigenvalue weighted by Crippen LogP contribution is 2.35. The Morgan fingerprint density at radius 1 is 1.19 bits per heavy atom. The first kappa shape index (κ1) is 15.1. The average Bonchev–Trinajstić information content (AvgIpc) is 3.23. The lowest BCUT2D eigenvalue weighted by Crippen LogP contribution is -2.24. The fourth-order valence-corrected chi connectivity index (χ4v) is 3.31. The number of aromatic nitrogens is 2. The Bertz CT molecular complexity index is 1110. The molecule has 0 saturated carbocycles. The lowest BCUT2D eigenvalue weighted by atomic mass is 9.90. The minimum atomic E-state index is -1.05. The van der Waals surface area contributed by atoms with E-state index >= 15 is 0 Å². The Hall–Kier alpha value is -3.23. The van der Waals surface area contributed by atoms with Gasteiger partial charge in [0.25, 0.3) is 0 Å². The first-order valence-electron chi connectivity index (χ1n) is 8.25. The molecule has 1 aliphatic heterocycles. The van der Waals surface area contributed by atoms with Crippen LogP contribution in [-0.2, 0) is 12.8 Å². The highest BCUT2D eigenvalue weighted by atomic mass is 16.7. The molecule has 0 saturated heterocycles. The molecule has 2 aliphatic rings. The van der Waals surface area contributed by atoms with Gasteiger partial charge in [-0.05, 0) is 37.3 Å². The Morgan fingerprint density at radius 2 is 2.08 bits per heavy atom. The number of hydrogen-bond donors (Lipinski definition) is 0. The molecule has 26 heavy (non-hydrogen) atoms. The lowest BCUT2D eigenvalue weighted by Gasteiger charge is -2.21. The Morgan fingerprint density at radius 3 is 3.00 bits per heavy atom. The molecule has 1 aromatic carbocycles. The van der Waals surface area contributed by atoms with Gasteiger partial charge in [0.2, 0.25) is 6.79 Å². The monoisotopic (exact) mass is 358 g/mol. The molecule has 0 bridgehead atoms. The molecule has 0 fully saturated rings. The zero-order valence-electron chi connectivity index (χ0n) is 13.6. The average molecular weight is 358 g/mol. The zero-order chi connectivity index (χ0) is 17.7. The molecule has 0 radical (unpaired) electrons. The van der Waals surface area contributed by atoms with Crippen molar-refractivity contribution < 1.29 is 23.2 Å². The molecule has 9 heteroatoms. The van der Waals surface area contributed by atoms with Gasteiger partial charge >= 0.3 is 17.1 Å². The van der Waals surface area contributed by atoms with E-state index in [1.807, 2.05) is 18.2 Å². The molecule has 9 nitrogen and oxygen atoms in total. The van der Waals surface area contributed by atoms with Crippen molar-refractivity contribution >= 4 is 5.84 Å². The number of imidazole rings is 1. The molecule has 5 rings (SSSR count). The number of hydrogen-bond acceptors (Lipinski definition) is 8. The molecule has 1 atom stereocenters. The standard InChI is InChI=1S/C17H14N2O7/c20-15-16(21)26-19-12-3-1-9(5-11(12)18-17(19)25-15)7-22-10-2-4-13-14(6-10)24-8-23-13/h2,4,6,9H,1,3,5,7-8H2. The third kappa shape index (κ3) is 2.43. The third-order valence-corrected chi connectivity index (χ3v) is 4.61. The summed E-state index contributed by atoms with van der Waals surface area (Å²) in [6.45, 7) is 0.741. The summed E-state index contributed by atoms with van der Waals surface area (Å²) in [7, 11) is 0. The van der Waals surface area contributed by atoms with Crippen LogP contribution in [0.2, 0.25) is 0 Å². The van der Waals surface area contributed by atoms with E-state index in [2.05, 4.69) is 4.98 Å². The first-order chi connectivity index (χ1) is 12.7. The number of fused-ring (bicyclic) bond motifs is 4. The van der Waals surface area contributed by atoms with Gasteiger partial charge in [-0.2, -0.15) is 4.98 Å². The summed E-state index contributed by atoms with van der Waals surface area (Å²) in [5.74, 6) is 2.37. The van der Waals surface area contributed by atoms with Gasteiger partial charge in [0.1, 0.15) is 5.75 Å². The van der Waals surface area contributed by atoms with Crippen molar-refractivity contribution in [2.45, 2.75) is 19.3 Å². The van der Waals surface area contributed by atoms with E-state index in [-0.39, 0.29) is 18.6 Å². The van der Waals surface area contributed by atoms with Crippen LogP contribution in [0.5, 0.6) is 17.2 Å². The minimum Gasteiger partial charge on any atom is -0.493 e. The van der Waals surface area contributed by atoms with Gasteiger partial charge in [0.15, 0.2) is 11.5 Å². The third-order valence-electron chi connectivity index (χ3n) is 4.61. The molecule has 0 amide bonds. The van der Waals surface area contributed by atoms with Crippen molar-refractivity contribution in [2.24, 2.45) is 5.92 Å². The van der Waals surface area contributed by atoms with Crippen LogP contribution in [0.4, 0.5) is 0 Å². The topological polar surface area (TPSA) is 105 Å². The molecule has 3 aromatic rings. The van der Waals surface area contributed by atoms with Crippen LogP contribution in [0.3, 0.4) is 0 Å². The minimum absolute atomic E-state index is 0.0111. The van der Waals surface area contributed by atoms with Crippen molar-refractivity contribution in [3.8, 4) is 17.2 Å². The Labute approximate surface area is 145 Å². The molecule has 2 aromatic heterocycles. The number of rotatable bonds is 3. The van der Waals surface area contributed by atoms with E-state index in [0.29, 0.717) is 36.7 Å². The van der Waals surface area contributed by atoms with Crippen molar-refractivity contribution in [1.82, 2.24) is 9.56 Å². The lowest BCUT2D eigenvalue weighted by molar-refractivity contribution is 0.173. The zero-order valence-corrected chi connectivity index (χ0v) is 13.6. The van der Waals surface area contributed by atoms with Gasteiger partial charge in [-0.25, -0.2) is 9.59 Å². The maximum atomic E-state index is 11.4. The summed E-state index contributed by atoms with van der Waals surface area (Å²) in [6.07, 6.45) is 2.14. The predicted molar refractivity (Wildman–Crippen MR) is 85.8 cm³/mol. The Balaban J connectivity index is 1.33. The predicted octanol–water partition coefficient (Wildman–Crippen LogP) is 1.15. The van der Waals surface area contributed by atoms with E-state index in [0.717, 1.165) is 17.8 Å². The number of aryl methyl sites for hydroxylation is 1. The van der Waals surface area contributed by atoms with Crippen molar-refractivity contribution in [3.05, 3.63) is 50.4 Å². The van der Waals surface area contributed by atoms with E-state index in [9.17, 15) is 9.59 Å². The summed E-state index contributed by atoms with van der Waals surface area (Å²) < 4.78 is 27.6. The van der Waals surface area contributed by atoms with Gasteiger partial charge in [-0.15, -0.1) is 4.57 Å². The van der Waals surface area contributed by atoms with Crippen LogP contribution in [0, 0.1) is 5.92 Å². The highest BCUT2D eigenvalue weighted by Gasteiger charge is 2.26. The number of benzene rings is 1. The van der Waals surface area contributed by atoms with E-state index < -0.39 is 11.3 Å². The maximum absolute atomic E-state index is 11.4. The molecule has 134 valence electrons. The fourth-order valence-electron chi connectivity index (χ4n) is 3.31. The van der Waals surface area contributed by atoms with Gasteiger partial charge in [-0.3, -0.25) is 0 Å². The maximum Gasteiger partial charge on any atom is 0.442 e. The molecular weight excluding hydrogens is 344 g/mol. The van der Waals surface area contributed by atoms with Gasteiger partial charge in [-0.1, -0.05) is 0 Å². The normalized spacial score (nSPS) is 18.1. The summed E-state index contributed by atoms with van der Waals surface area (Å²) in [6, 6.07) is 5.48. The van der Waals surface area contributed by atoms with Crippen LogP contribution in [-0.4, -0.2) is 23.0 Å².